The molecule has 18 heavy (non-hydrogen) atoms. The minimum absolute atomic E-state index is 0.187. The van der Waals surface area contributed by atoms with E-state index in [0.717, 1.165) is 24.8 Å². The number of carbonyl (C=O) groups is 1. The lowest BCUT2D eigenvalue weighted by Gasteiger charge is -2.27. The molecule has 2 nitrogen and oxygen atoms in total. The fourth-order valence-corrected chi connectivity index (χ4v) is 4.14. The summed E-state index contributed by atoms with van der Waals surface area (Å²) < 4.78 is 0. The van der Waals surface area contributed by atoms with Gasteiger partial charge in [0.05, 0.1) is 6.04 Å². The van der Waals surface area contributed by atoms with Gasteiger partial charge in [0.15, 0.2) is 5.78 Å². The Balaban J connectivity index is 1.73. The van der Waals surface area contributed by atoms with Crippen molar-refractivity contribution >= 4 is 5.78 Å². The zero-order valence-electron chi connectivity index (χ0n) is 12.3. The molecule has 2 saturated carbocycles. The average Bonchev–Trinajstić information content (AvgIpc) is 3.14. The summed E-state index contributed by atoms with van der Waals surface area (Å²) in [7, 11) is 0. The Morgan fingerprint density at radius 3 is 2.44 bits per heavy atom. The Labute approximate surface area is 111 Å². The van der Waals surface area contributed by atoms with E-state index in [1.807, 2.05) is 0 Å². The van der Waals surface area contributed by atoms with E-state index in [-0.39, 0.29) is 11.5 Å². The van der Waals surface area contributed by atoms with Crippen molar-refractivity contribution in [3.05, 3.63) is 0 Å². The third-order valence-electron chi connectivity index (χ3n) is 5.45. The summed E-state index contributed by atoms with van der Waals surface area (Å²) in [5.41, 5.74) is 0.357. The lowest BCUT2D eigenvalue weighted by molar-refractivity contribution is -0.130. The Hall–Kier alpha value is -0.370. The molecule has 1 spiro atoms. The molecule has 0 amide bonds. The van der Waals surface area contributed by atoms with Crippen LogP contribution in [0, 0.1) is 22.7 Å². The van der Waals surface area contributed by atoms with E-state index in [1.54, 1.807) is 0 Å². The second kappa shape index (κ2) is 3.82. The van der Waals surface area contributed by atoms with Crippen LogP contribution in [0.4, 0.5) is 0 Å². The van der Waals surface area contributed by atoms with E-state index in [0.29, 0.717) is 11.2 Å². The first-order valence-electron chi connectivity index (χ1n) is 7.66. The minimum Gasteiger partial charge on any atom is -0.297 e. The Morgan fingerprint density at radius 1 is 1.28 bits per heavy atom. The first kappa shape index (κ1) is 12.7. The van der Waals surface area contributed by atoms with Gasteiger partial charge in [-0.05, 0) is 49.5 Å². The molecule has 2 aliphatic carbocycles. The zero-order chi connectivity index (χ0) is 13.1. The molecule has 0 radical (unpaired) electrons. The third kappa shape index (κ3) is 1.93. The van der Waals surface area contributed by atoms with Gasteiger partial charge in [0, 0.05) is 12.0 Å². The largest absolute Gasteiger partial charge is 0.297 e. The van der Waals surface area contributed by atoms with Crippen LogP contribution < -0.4 is 0 Å². The number of hydrogen-bond acceptors (Lipinski definition) is 2. The van der Waals surface area contributed by atoms with E-state index in [1.165, 1.54) is 25.8 Å². The molecule has 1 heterocycles. The van der Waals surface area contributed by atoms with Crippen LogP contribution in [0.1, 0.15) is 53.4 Å². The first-order chi connectivity index (χ1) is 8.37. The summed E-state index contributed by atoms with van der Waals surface area (Å²) >= 11 is 0. The van der Waals surface area contributed by atoms with Gasteiger partial charge in [-0.15, -0.1) is 0 Å². The summed E-state index contributed by atoms with van der Waals surface area (Å²) in [6.07, 6.45) is 5.47. The number of rotatable bonds is 3. The molecule has 3 atom stereocenters. The number of Topliss-reactive ketones (excluding diaryl/α,β-unsaturated/α-hetero) is 1. The van der Waals surface area contributed by atoms with Gasteiger partial charge in [0.25, 0.3) is 0 Å². The number of hydrogen-bond donors (Lipinski definition) is 0. The fraction of sp³-hybridized carbons (Fsp3) is 0.938. The van der Waals surface area contributed by atoms with Crippen molar-refractivity contribution in [1.82, 2.24) is 4.90 Å². The molecule has 102 valence electrons. The number of likely N-dealkylation sites (tertiary alicyclic amines) is 1. The molecule has 3 aliphatic rings. The number of likely N-dealkylation sites (N-methyl/N-ethyl adjacent to an activating group) is 1. The van der Waals surface area contributed by atoms with Crippen LogP contribution in [0.3, 0.4) is 0 Å². The second-order valence-corrected chi connectivity index (χ2v) is 7.91. The molecule has 0 aromatic rings. The molecule has 1 aliphatic heterocycles. The molecule has 1 saturated heterocycles. The molecular formula is C16H27NO. The number of ketones is 1. The Kier molecular flexibility index (Phi) is 2.68. The molecule has 2 heteroatoms. The fourth-order valence-electron chi connectivity index (χ4n) is 4.14. The van der Waals surface area contributed by atoms with Crippen molar-refractivity contribution in [2.75, 3.05) is 13.1 Å². The van der Waals surface area contributed by atoms with Gasteiger partial charge in [-0.3, -0.25) is 9.69 Å². The molecule has 3 rings (SSSR count). The summed E-state index contributed by atoms with van der Waals surface area (Å²) in [4.78, 5) is 15.1. The van der Waals surface area contributed by atoms with E-state index in [2.05, 4.69) is 32.6 Å². The van der Waals surface area contributed by atoms with Crippen molar-refractivity contribution in [3.8, 4) is 0 Å². The van der Waals surface area contributed by atoms with Gasteiger partial charge in [-0.2, -0.15) is 0 Å². The average molecular weight is 249 g/mol. The molecule has 3 fully saturated rings. The predicted molar refractivity (Wildman–Crippen MR) is 73.4 cm³/mol. The van der Waals surface area contributed by atoms with E-state index in [9.17, 15) is 4.79 Å². The predicted octanol–water partition coefficient (Wildman–Crippen LogP) is 3.11. The van der Waals surface area contributed by atoms with Crippen molar-refractivity contribution in [2.24, 2.45) is 22.7 Å². The topological polar surface area (TPSA) is 20.3 Å². The van der Waals surface area contributed by atoms with Crippen LogP contribution in [-0.2, 0) is 4.79 Å². The maximum Gasteiger partial charge on any atom is 0.155 e. The third-order valence-corrected chi connectivity index (χ3v) is 5.45. The Bertz CT molecular complexity index is 366. The van der Waals surface area contributed by atoms with Gasteiger partial charge >= 0.3 is 0 Å². The van der Waals surface area contributed by atoms with Gasteiger partial charge in [-0.1, -0.05) is 27.7 Å². The van der Waals surface area contributed by atoms with E-state index < -0.39 is 0 Å². The smallest absolute Gasteiger partial charge is 0.155 e. The van der Waals surface area contributed by atoms with Crippen molar-refractivity contribution < 1.29 is 4.79 Å². The van der Waals surface area contributed by atoms with Crippen molar-refractivity contribution in [2.45, 2.75) is 59.4 Å². The minimum atomic E-state index is -0.187. The van der Waals surface area contributed by atoms with Crippen LogP contribution in [-0.4, -0.2) is 29.8 Å². The number of nitrogens with zero attached hydrogens (tertiary/aromatic N) is 1. The molecule has 0 bridgehead atoms. The van der Waals surface area contributed by atoms with E-state index >= 15 is 0 Å². The number of carbonyl (C=O) groups excluding carboxylic acids is 1. The standard InChI is InChI=1S/C16H27NO/c1-5-17-10-16(8-12(16)11-6-7-11)9-13(17)14(18)15(2,3)4/h11-13H,5-10H2,1-4H3/t12?,13-,16+/m0/s1. The first-order valence-corrected chi connectivity index (χ1v) is 7.66. The monoisotopic (exact) mass is 249 g/mol. The highest BCUT2D eigenvalue weighted by Crippen LogP contribution is 2.67. The summed E-state index contributed by atoms with van der Waals surface area (Å²) in [6.45, 7) is 10.6. The van der Waals surface area contributed by atoms with Crippen LogP contribution in [0.5, 0.6) is 0 Å². The van der Waals surface area contributed by atoms with Crippen LogP contribution in [0.25, 0.3) is 0 Å². The highest BCUT2D eigenvalue weighted by molar-refractivity contribution is 5.89. The van der Waals surface area contributed by atoms with Crippen molar-refractivity contribution in [3.63, 3.8) is 0 Å². The second-order valence-electron chi connectivity index (χ2n) is 7.91. The normalized spacial score (nSPS) is 40.4. The van der Waals surface area contributed by atoms with Gasteiger partial charge in [0.1, 0.15) is 0 Å². The lowest BCUT2D eigenvalue weighted by atomic mass is 9.84. The SMILES string of the molecule is CCN1C[C@@]2(CC2C2CC2)C[C@H]1C(=O)C(C)(C)C. The van der Waals surface area contributed by atoms with Gasteiger partial charge in [0.2, 0.25) is 0 Å². The maximum absolute atomic E-state index is 12.6. The molecular weight excluding hydrogens is 222 g/mol. The Morgan fingerprint density at radius 2 is 1.94 bits per heavy atom. The molecule has 0 N–H and O–H groups in total. The summed E-state index contributed by atoms with van der Waals surface area (Å²) in [5, 5.41) is 0. The summed E-state index contributed by atoms with van der Waals surface area (Å²) in [6, 6.07) is 0.207. The highest BCUT2D eigenvalue weighted by atomic mass is 16.1. The maximum atomic E-state index is 12.6. The summed E-state index contributed by atoms with van der Waals surface area (Å²) in [5.74, 6) is 2.44. The van der Waals surface area contributed by atoms with Gasteiger partial charge < -0.3 is 0 Å². The molecule has 0 aromatic heterocycles. The quantitative estimate of drug-likeness (QED) is 0.766. The van der Waals surface area contributed by atoms with Crippen molar-refractivity contribution in [1.29, 1.82) is 0 Å². The zero-order valence-corrected chi connectivity index (χ0v) is 12.3. The highest BCUT2D eigenvalue weighted by Gasteiger charge is 2.64. The van der Waals surface area contributed by atoms with Gasteiger partial charge in [-0.25, -0.2) is 0 Å². The molecule has 0 aromatic carbocycles. The molecule has 1 unspecified atom stereocenters. The van der Waals surface area contributed by atoms with Crippen LogP contribution in [0.15, 0.2) is 0 Å². The van der Waals surface area contributed by atoms with Crippen LogP contribution >= 0.6 is 0 Å². The lowest BCUT2D eigenvalue weighted by Crippen LogP contribution is -2.41. The van der Waals surface area contributed by atoms with E-state index in [4.69, 9.17) is 0 Å². The van der Waals surface area contributed by atoms with Crippen LogP contribution in [0.2, 0.25) is 0 Å².